The van der Waals surface area contributed by atoms with Gasteiger partial charge in [-0.05, 0) is 36.0 Å². The molecule has 1 aromatic carbocycles. The molecule has 0 aliphatic heterocycles. The molecule has 0 unspecified atom stereocenters. The molecule has 0 spiro atoms. The van der Waals surface area contributed by atoms with Gasteiger partial charge in [-0.25, -0.2) is 0 Å². The van der Waals surface area contributed by atoms with E-state index >= 15 is 0 Å². The summed E-state index contributed by atoms with van der Waals surface area (Å²) < 4.78 is 0. The maximum absolute atomic E-state index is 11.7. The van der Waals surface area contributed by atoms with Gasteiger partial charge in [-0.2, -0.15) is 0 Å². The van der Waals surface area contributed by atoms with Gasteiger partial charge in [0.1, 0.15) is 0 Å². The lowest BCUT2D eigenvalue weighted by atomic mass is 9.63. The molecule has 0 aromatic heterocycles. The molecule has 0 heterocycles. The van der Waals surface area contributed by atoms with Crippen LogP contribution in [0.15, 0.2) is 18.2 Å². The molecule has 1 aliphatic rings. The van der Waals surface area contributed by atoms with Gasteiger partial charge in [0.15, 0.2) is 0 Å². The molecule has 0 bridgehead atoms. The van der Waals surface area contributed by atoms with Crippen LogP contribution in [0, 0.1) is 0 Å². The van der Waals surface area contributed by atoms with Crippen LogP contribution < -0.4 is 4.90 Å². The fraction of sp³-hybridized carbons (Fsp3) is 0.562. The number of anilines is 1. The molecule has 1 fully saturated rings. The highest BCUT2D eigenvalue weighted by atomic mass is 16.4. The van der Waals surface area contributed by atoms with Crippen molar-refractivity contribution in [2.45, 2.75) is 44.4 Å². The van der Waals surface area contributed by atoms with Crippen LogP contribution in [-0.2, 0) is 10.2 Å². The molecule has 3 heteroatoms. The maximum Gasteiger partial charge on any atom is 0.314 e. The van der Waals surface area contributed by atoms with Crippen LogP contribution in [0.3, 0.4) is 0 Å². The summed E-state index contributed by atoms with van der Waals surface area (Å²) in [5.41, 5.74) is 2.58. The van der Waals surface area contributed by atoms with Crippen molar-refractivity contribution in [3.05, 3.63) is 29.3 Å². The van der Waals surface area contributed by atoms with Crippen LogP contribution in [0.25, 0.3) is 0 Å². The van der Waals surface area contributed by atoms with Crippen LogP contribution in [-0.4, -0.2) is 25.2 Å². The second-order valence-corrected chi connectivity index (χ2v) is 6.07. The molecular formula is C16H23NO2. The first-order valence-corrected chi connectivity index (χ1v) is 6.93. The zero-order valence-corrected chi connectivity index (χ0v) is 12.2. The van der Waals surface area contributed by atoms with Gasteiger partial charge in [-0.15, -0.1) is 0 Å². The summed E-state index contributed by atoms with van der Waals surface area (Å²) in [5.74, 6) is -0.261. The largest absolute Gasteiger partial charge is 0.481 e. The number of hydrogen-bond donors (Lipinski definition) is 1. The second kappa shape index (κ2) is 4.87. The van der Waals surface area contributed by atoms with Gasteiger partial charge in [-0.3, -0.25) is 4.79 Å². The fourth-order valence-electron chi connectivity index (χ4n) is 2.81. The van der Waals surface area contributed by atoms with Crippen molar-refractivity contribution >= 4 is 11.7 Å². The van der Waals surface area contributed by atoms with Crippen molar-refractivity contribution in [1.29, 1.82) is 0 Å². The third-order valence-corrected chi connectivity index (χ3v) is 4.30. The summed E-state index contributed by atoms with van der Waals surface area (Å²) in [6.07, 6.45) is 2.51. The molecular weight excluding hydrogens is 238 g/mol. The summed E-state index contributed by atoms with van der Waals surface area (Å²) >= 11 is 0. The van der Waals surface area contributed by atoms with E-state index in [1.54, 1.807) is 0 Å². The molecule has 1 N–H and O–H groups in total. The number of rotatable bonds is 4. The van der Waals surface area contributed by atoms with E-state index in [4.69, 9.17) is 0 Å². The number of nitrogens with zero attached hydrogens (tertiary/aromatic N) is 1. The van der Waals surface area contributed by atoms with Crippen molar-refractivity contribution in [1.82, 2.24) is 0 Å². The van der Waals surface area contributed by atoms with E-state index in [9.17, 15) is 9.90 Å². The quantitative estimate of drug-likeness (QED) is 0.903. The Morgan fingerprint density at radius 1 is 1.32 bits per heavy atom. The van der Waals surface area contributed by atoms with Crippen LogP contribution in [0.5, 0.6) is 0 Å². The Hall–Kier alpha value is -1.51. The summed E-state index contributed by atoms with van der Waals surface area (Å²) in [4.78, 5) is 13.8. The van der Waals surface area contributed by atoms with E-state index in [2.05, 4.69) is 32.0 Å². The Kier molecular flexibility index (Phi) is 3.57. The predicted octanol–water partition coefficient (Wildman–Crippen LogP) is 3.38. The van der Waals surface area contributed by atoms with Crippen LogP contribution >= 0.6 is 0 Å². The van der Waals surface area contributed by atoms with Gasteiger partial charge in [0.25, 0.3) is 0 Å². The van der Waals surface area contributed by atoms with Gasteiger partial charge in [0.2, 0.25) is 0 Å². The Labute approximate surface area is 115 Å². The van der Waals surface area contributed by atoms with E-state index in [0.717, 1.165) is 30.5 Å². The van der Waals surface area contributed by atoms with Crippen molar-refractivity contribution in [3.8, 4) is 0 Å². The second-order valence-electron chi connectivity index (χ2n) is 6.07. The lowest BCUT2D eigenvalue weighted by molar-refractivity contribution is -0.147. The molecule has 0 amide bonds. The zero-order valence-electron chi connectivity index (χ0n) is 12.2. The van der Waals surface area contributed by atoms with Crippen molar-refractivity contribution in [3.63, 3.8) is 0 Å². The summed E-state index contributed by atoms with van der Waals surface area (Å²) in [6.45, 7) is 4.28. The Bertz CT molecular complexity index is 488. The smallest absolute Gasteiger partial charge is 0.314 e. The topological polar surface area (TPSA) is 40.5 Å². The van der Waals surface area contributed by atoms with Gasteiger partial charge in [-0.1, -0.05) is 32.4 Å². The van der Waals surface area contributed by atoms with Gasteiger partial charge >= 0.3 is 5.97 Å². The first-order valence-electron chi connectivity index (χ1n) is 6.93. The molecule has 0 saturated heterocycles. The van der Waals surface area contributed by atoms with Gasteiger partial charge in [0, 0.05) is 19.8 Å². The van der Waals surface area contributed by atoms with Crippen molar-refractivity contribution < 1.29 is 9.90 Å². The summed E-state index contributed by atoms with van der Waals surface area (Å²) in [7, 11) is 3.95. The standard InChI is InChI=1S/C16H23NO2/c1-11(2)12-6-7-14(17(3)4)13(10-12)16(15(18)19)8-5-9-16/h6-7,10-11H,5,8-9H2,1-4H3,(H,18,19). The average molecular weight is 261 g/mol. The van der Waals surface area contributed by atoms with E-state index in [1.165, 1.54) is 5.56 Å². The highest BCUT2D eigenvalue weighted by Gasteiger charge is 2.47. The monoisotopic (exact) mass is 261 g/mol. The summed E-state index contributed by atoms with van der Waals surface area (Å²) in [5, 5.41) is 9.65. The first kappa shape index (κ1) is 13.9. The molecule has 0 atom stereocenters. The van der Waals surface area contributed by atoms with Crippen molar-refractivity contribution in [2.24, 2.45) is 0 Å². The zero-order chi connectivity index (χ0) is 14.2. The Morgan fingerprint density at radius 3 is 2.32 bits per heavy atom. The third-order valence-electron chi connectivity index (χ3n) is 4.30. The third kappa shape index (κ3) is 2.22. The lowest BCUT2D eigenvalue weighted by Gasteiger charge is -2.40. The minimum absolute atomic E-state index is 0.417. The molecule has 104 valence electrons. The van der Waals surface area contributed by atoms with Crippen LogP contribution in [0.2, 0.25) is 0 Å². The highest BCUT2D eigenvalue weighted by molar-refractivity contribution is 5.85. The van der Waals surface area contributed by atoms with Gasteiger partial charge < -0.3 is 10.0 Å². The van der Waals surface area contributed by atoms with E-state index in [1.807, 2.05) is 19.0 Å². The molecule has 19 heavy (non-hydrogen) atoms. The molecule has 2 rings (SSSR count). The number of carboxylic acid groups (broad SMARTS) is 1. The fourth-order valence-corrected chi connectivity index (χ4v) is 2.81. The highest BCUT2D eigenvalue weighted by Crippen LogP contribution is 2.47. The Balaban J connectivity index is 2.58. The van der Waals surface area contributed by atoms with Gasteiger partial charge in [0.05, 0.1) is 5.41 Å². The number of hydrogen-bond acceptors (Lipinski definition) is 2. The molecule has 1 aromatic rings. The minimum Gasteiger partial charge on any atom is -0.481 e. The summed E-state index contributed by atoms with van der Waals surface area (Å²) in [6, 6.07) is 6.28. The normalized spacial score (nSPS) is 17.1. The number of carboxylic acids is 1. The number of benzene rings is 1. The predicted molar refractivity (Wildman–Crippen MR) is 78.0 cm³/mol. The molecule has 1 saturated carbocycles. The minimum atomic E-state index is -0.678. The molecule has 1 aliphatic carbocycles. The van der Waals surface area contributed by atoms with Crippen LogP contribution in [0.4, 0.5) is 5.69 Å². The number of aliphatic carboxylic acids is 1. The first-order chi connectivity index (χ1) is 8.88. The lowest BCUT2D eigenvalue weighted by Crippen LogP contribution is -2.43. The SMILES string of the molecule is CC(C)c1ccc(N(C)C)c(C2(C(=O)O)CCC2)c1. The van der Waals surface area contributed by atoms with E-state index < -0.39 is 11.4 Å². The Morgan fingerprint density at radius 2 is 1.95 bits per heavy atom. The van der Waals surface area contributed by atoms with E-state index in [0.29, 0.717) is 5.92 Å². The van der Waals surface area contributed by atoms with Crippen LogP contribution in [0.1, 0.15) is 50.2 Å². The molecule has 3 nitrogen and oxygen atoms in total. The number of carbonyl (C=O) groups is 1. The molecule has 0 radical (unpaired) electrons. The van der Waals surface area contributed by atoms with E-state index in [-0.39, 0.29) is 0 Å². The van der Waals surface area contributed by atoms with Crippen molar-refractivity contribution in [2.75, 3.05) is 19.0 Å². The average Bonchev–Trinajstić information content (AvgIpc) is 2.26. The maximum atomic E-state index is 11.7.